The van der Waals surface area contributed by atoms with Crippen LogP contribution in [0.3, 0.4) is 0 Å². The van der Waals surface area contributed by atoms with Gasteiger partial charge in [0, 0.05) is 18.4 Å². The van der Waals surface area contributed by atoms with Crippen molar-refractivity contribution in [2.75, 3.05) is 5.75 Å². The van der Waals surface area contributed by atoms with E-state index >= 15 is 0 Å². The quantitative estimate of drug-likeness (QED) is 0.794. The van der Waals surface area contributed by atoms with Crippen LogP contribution in [0.25, 0.3) is 0 Å². The molecule has 1 aliphatic carbocycles. The molecule has 2 unspecified atom stereocenters. The standard InChI is InChI=1S/C11H17N3S/c12-10-3-1-2-9(10)4-7-15-11-8-13-5-6-14-11/h5-6,8-10H,1-4,7,12H2. The van der Waals surface area contributed by atoms with Crippen molar-refractivity contribution in [1.82, 2.24) is 9.97 Å². The van der Waals surface area contributed by atoms with Crippen molar-refractivity contribution < 1.29 is 0 Å². The summed E-state index contributed by atoms with van der Waals surface area (Å²) in [6.45, 7) is 0. The lowest BCUT2D eigenvalue weighted by Gasteiger charge is -2.13. The molecule has 0 spiro atoms. The average molecular weight is 223 g/mol. The van der Waals surface area contributed by atoms with Crippen LogP contribution in [-0.2, 0) is 0 Å². The van der Waals surface area contributed by atoms with Crippen LogP contribution in [0.2, 0.25) is 0 Å². The largest absolute Gasteiger partial charge is 0.327 e. The Hall–Kier alpha value is -0.610. The normalized spacial score (nSPS) is 25.7. The molecule has 82 valence electrons. The molecule has 3 nitrogen and oxygen atoms in total. The van der Waals surface area contributed by atoms with Gasteiger partial charge in [-0.05, 0) is 30.9 Å². The van der Waals surface area contributed by atoms with Crippen molar-refractivity contribution in [2.24, 2.45) is 11.7 Å². The fourth-order valence-electron chi connectivity index (χ4n) is 2.10. The maximum atomic E-state index is 6.02. The SMILES string of the molecule is NC1CCCC1CCSc1cnccn1. The van der Waals surface area contributed by atoms with Crippen LogP contribution < -0.4 is 5.73 Å². The van der Waals surface area contributed by atoms with E-state index in [0.717, 1.165) is 16.7 Å². The van der Waals surface area contributed by atoms with Gasteiger partial charge in [-0.3, -0.25) is 4.98 Å². The van der Waals surface area contributed by atoms with Crippen LogP contribution in [0.4, 0.5) is 0 Å². The lowest BCUT2D eigenvalue weighted by atomic mass is 10.0. The molecule has 2 atom stereocenters. The maximum absolute atomic E-state index is 6.02. The van der Waals surface area contributed by atoms with Gasteiger partial charge in [-0.2, -0.15) is 0 Å². The number of aromatic nitrogens is 2. The zero-order valence-corrected chi connectivity index (χ0v) is 9.62. The molecule has 1 aromatic rings. The molecule has 1 saturated carbocycles. The highest BCUT2D eigenvalue weighted by molar-refractivity contribution is 7.99. The van der Waals surface area contributed by atoms with E-state index in [1.807, 2.05) is 6.20 Å². The summed E-state index contributed by atoms with van der Waals surface area (Å²) in [5, 5.41) is 1.02. The Morgan fingerprint density at radius 3 is 3.00 bits per heavy atom. The van der Waals surface area contributed by atoms with Gasteiger partial charge in [0.25, 0.3) is 0 Å². The molecule has 1 aliphatic rings. The van der Waals surface area contributed by atoms with Crippen LogP contribution in [-0.4, -0.2) is 21.8 Å². The van der Waals surface area contributed by atoms with Crippen LogP contribution in [0.15, 0.2) is 23.6 Å². The fourth-order valence-corrected chi connectivity index (χ4v) is 3.00. The first kappa shape index (κ1) is 10.9. The molecule has 1 heterocycles. The van der Waals surface area contributed by atoms with Gasteiger partial charge >= 0.3 is 0 Å². The predicted octanol–water partition coefficient (Wildman–Crippen LogP) is 2.09. The van der Waals surface area contributed by atoms with Gasteiger partial charge in [0.1, 0.15) is 5.03 Å². The Balaban J connectivity index is 1.71. The smallest absolute Gasteiger partial charge is 0.114 e. The van der Waals surface area contributed by atoms with Crippen molar-refractivity contribution in [3.63, 3.8) is 0 Å². The molecule has 0 bridgehead atoms. The molecule has 2 N–H and O–H groups in total. The second kappa shape index (κ2) is 5.47. The second-order valence-electron chi connectivity index (χ2n) is 4.04. The van der Waals surface area contributed by atoms with E-state index in [1.54, 1.807) is 24.2 Å². The van der Waals surface area contributed by atoms with Crippen molar-refractivity contribution in [3.8, 4) is 0 Å². The highest BCUT2D eigenvalue weighted by atomic mass is 32.2. The van der Waals surface area contributed by atoms with Crippen LogP contribution >= 0.6 is 11.8 Å². The summed E-state index contributed by atoms with van der Waals surface area (Å²) in [4.78, 5) is 8.27. The third-order valence-corrected chi connectivity index (χ3v) is 3.94. The number of nitrogens with two attached hydrogens (primary N) is 1. The molecule has 0 aromatic carbocycles. The zero-order chi connectivity index (χ0) is 10.5. The Kier molecular flexibility index (Phi) is 3.97. The summed E-state index contributed by atoms with van der Waals surface area (Å²) in [5.74, 6) is 1.84. The molecule has 2 rings (SSSR count). The Morgan fingerprint density at radius 1 is 1.40 bits per heavy atom. The molecule has 0 aliphatic heterocycles. The summed E-state index contributed by atoms with van der Waals surface area (Å²) in [5.41, 5.74) is 6.02. The van der Waals surface area contributed by atoms with E-state index < -0.39 is 0 Å². The molecule has 0 amide bonds. The lowest BCUT2D eigenvalue weighted by Crippen LogP contribution is -2.24. The van der Waals surface area contributed by atoms with Gasteiger partial charge in [0.05, 0.1) is 6.20 Å². The van der Waals surface area contributed by atoms with Crippen molar-refractivity contribution >= 4 is 11.8 Å². The molecular formula is C11H17N3S. The Bertz CT molecular complexity index is 291. The molecule has 1 fully saturated rings. The minimum atomic E-state index is 0.437. The van der Waals surface area contributed by atoms with Gasteiger partial charge in [0.2, 0.25) is 0 Å². The highest BCUT2D eigenvalue weighted by Crippen LogP contribution is 2.28. The summed E-state index contributed by atoms with van der Waals surface area (Å²) in [6, 6.07) is 0.437. The van der Waals surface area contributed by atoms with Gasteiger partial charge in [-0.25, -0.2) is 4.98 Å². The number of hydrogen-bond acceptors (Lipinski definition) is 4. The average Bonchev–Trinajstić information content (AvgIpc) is 2.66. The van der Waals surface area contributed by atoms with Gasteiger partial charge in [-0.15, -0.1) is 11.8 Å². The first-order valence-electron chi connectivity index (χ1n) is 5.50. The molecular weight excluding hydrogens is 206 g/mol. The first-order chi connectivity index (χ1) is 7.36. The summed E-state index contributed by atoms with van der Waals surface area (Å²) in [7, 11) is 0. The summed E-state index contributed by atoms with van der Waals surface area (Å²) < 4.78 is 0. The van der Waals surface area contributed by atoms with Crippen molar-refractivity contribution in [1.29, 1.82) is 0 Å². The van der Waals surface area contributed by atoms with Crippen molar-refractivity contribution in [2.45, 2.75) is 36.8 Å². The Labute approximate surface area is 94.9 Å². The fraction of sp³-hybridized carbons (Fsp3) is 0.636. The number of rotatable bonds is 4. The molecule has 1 aromatic heterocycles. The third kappa shape index (κ3) is 3.18. The monoisotopic (exact) mass is 223 g/mol. The molecule has 0 saturated heterocycles. The Morgan fingerprint density at radius 2 is 2.33 bits per heavy atom. The van der Waals surface area contributed by atoms with Crippen LogP contribution in [0.5, 0.6) is 0 Å². The zero-order valence-electron chi connectivity index (χ0n) is 8.80. The summed E-state index contributed by atoms with van der Waals surface area (Å²) >= 11 is 1.78. The number of thioether (sulfide) groups is 1. The van der Waals surface area contributed by atoms with Gasteiger partial charge in [-0.1, -0.05) is 6.42 Å². The summed E-state index contributed by atoms with van der Waals surface area (Å²) in [6.07, 6.45) is 10.3. The van der Waals surface area contributed by atoms with E-state index in [0.29, 0.717) is 6.04 Å². The number of hydrogen-bond donors (Lipinski definition) is 1. The highest BCUT2D eigenvalue weighted by Gasteiger charge is 2.23. The lowest BCUT2D eigenvalue weighted by molar-refractivity contribution is 0.470. The van der Waals surface area contributed by atoms with E-state index in [2.05, 4.69) is 9.97 Å². The molecule has 0 radical (unpaired) electrons. The van der Waals surface area contributed by atoms with E-state index in [1.165, 1.54) is 25.7 Å². The van der Waals surface area contributed by atoms with Crippen LogP contribution in [0, 0.1) is 5.92 Å². The number of nitrogens with zero attached hydrogens (tertiary/aromatic N) is 2. The van der Waals surface area contributed by atoms with Crippen LogP contribution in [0.1, 0.15) is 25.7 Å². The van der Waals surface area contributed by atoms with Crippen molar-refractivity contribution in [3.05, 3.63) is 18.6 Å². The third-order valence-electron chi connectivity index (χ3n) is 3.00. The van der Waals surface area contributed by atoms with E-state index in [-0.39, 0.29) is 0 Å². The predicted molar refractivity (Wildman–Crippen MR) is 62.7 cm³/mol. The second-order valence-corrected chi connectivity index (χ2v) is 5.15. The van der Waals surface area contributed by atoms with Gasteiger partial charge < -0.3 is 5.73 Å². The minimum Gasteiger partial charge on any atom is -0.327 e. The molecule has 15 heavy (non-hydrogen) atoms. The van der Waals surface area contributed by atoms with Gasteiger partial charge in [0.15, 0.2) is 0 Å². The van der Waals surface area contributed by atoms with E-state index in [4.69, 9.17) is 5.73 Å². The minimum absolute atomic E-state index is 0.437. The topological polar surface area (TPSA) is 51.8 Å². The first-order valence-corrected chi connectivity index (χ1v) is 6.49. The van der Waals surface area contributed by atoms with E-state index in [9.17, 15) is 0 Å². The maximum Gasteiger partial charge on any atom is 0.114 e. The molecule has 4 heteroatoms.